The maximum absolute atomic E-state index is 12.3. The molecule has 1 amide bonds. The van der Waals surface area contributed by atoms with Crippen molar-refractivity contribution in [2.75, 3.05) is 33.8 Å². The fraction of sp³-hybridized carbons (Fsp3) is 0.619. The molecule has 0 radical (unpaired) electrons. The Morgan fingerprint density at radius 3 is 2.44 bits per heavy atom. The van der Waals surface area contributed by atoms with Gasteiger partial charge in [0.1, 0.15) is 0 Å². The Hall–Kier alpha value is -2.08. The minimum absolute atomic E-state index is 0.109. The minimum Gasteiger partial charge on any atom is -0.378 e. The lowest BCUT2D eigenvalue weighted by atomic mass is 10.0. The number of benzene rings is 1. The molecule has 2 N–H and O–H groups in total. The number of ether oxygens (including phenoxy) is 1. The first-order chi connectivity index (χ1) is 13.0. The number of nitrogens with one attached hydrogen (secondary N) is 2. The highest BCUT2D eigenvalue weighted by atomic mass is 16.5. The Labute approximate surface area is 164 Å². The highest BCUT2D eigenvalue weighted by Gasteiger charge is 2.13. The van der Waals surface area contributed by atoms with Crippen LogP contribution >= 0.6 is 0 Å². The maximum Gasteiger partial charge on any atom is 0.224 e. The third-order valence-corrected chi connectivity index (χ3v) is 4.39. The molecule has 6 heteroatoms. The Kier molecular flexibility index (Phi) is 11.2. The normalized spacial score (nSPS) is 12.7. The monoisotopic (exact) mass is 376 g/mol. The number of nitrogens with zero attached hydrogens (tertiary/aromatic N) is 2. The van der Waals surface area contributed by atoms with E-state index in [0.29, 0.717) is 31.4 Å². The summed E-state index contributed by atoms with van der Waals surface area (Å²) in [6.07, 6.45) is 1.59. The Morgan fingerprint density at radius 1 is 1.19 bits per heavy atom. The second-order valence-electron chi connectivity index (χ2n) is 6.94. The molecule has 0 aliphatic carbocycles. The number of hydrogen-bond acceptors (Lipinski definition) is 3. The predicted molar refractivity (Wildman–Crippen MR) is 112 cm³/mol. The lowest BCUT2D eigenvalue weighted by Gasteiger charge is -2.21. The van der Waals surface area contributed by atoms with E-state index in [0.717, 1.165) is 25.1 Å². The van der Waals surface area contributed by atoms with E-state index >= 15 is 0 Å². The Morgan fingerprint density at radius 2 is 1.85 bits per heavy atom. The molecule has 0 spiro atoms. The van der Waals surface area contributed by atoms with Crippen molar-refractivity contribution >= 4 is 11.9 Å². The summed E-state index contributed by atoms with van der Waals surface area (Å²) < 4.78 is 5.76. The molecule has 0 bridgehead atoms. The van der Waals surface area contributed by atoms with Crippen molar-refractivity contribution in [3.63, 3.8) is 0 Å². The smallest absolute Gasteiger partial charge is 0.224 e. The number of carbonyl (C=O) groups excluding carboxylic acids is 1. The first-order valence-electron chi connectivity index (χ1n) is 9.81. The van der Waals surface area contributed by atoms with E-state index in [9.17, 15) is 4.79 Å². The molecule has 0 saturated carbocycles. The van der Waals surface area contributed by atoms with Crippen LogP contribution in [0.25, 0.3) is 0 Å². The number of carbonyl (C=O) groups is 1. The van der Waals surface area contributed by atoms with Gasteiger partial charge in [0.25, 0.3) is 0 Å². The van der Waals surface area contributed by atoms with Crippen LogP contribution in [0.4, 0.5) is 0 Å². The molecule has 1 aromatic rings. The highest BCUT2D eigenvalue weighted by molar-refractivity contribution is 5.81. The second-order valence-corrected chi connectivity index (χ2v) is 6.94. The molecule has 152 valence electrons. The standard InChI is InChI=1S/C21H36N4O2/c1-6-27-19(17(2)3)12-14-23-21(22-4)24-15-13-20(26)25(5)16-18-10-8-7-9-11-18/h7-11,17,19H,6,12-16H2,1-5H3,(H2,22,23,24). The fourth-order valence-corrected chi connectivity index (χ4v) is 2.80. The van der Waals surface area contributed by atoms with Crippen LogP contribution in [-0.2, 0) is 16.1 Å². The Bertz CT molecular complexity index is 561. The molecule has 0 aliphatic rings. The largest absolute Gasteiger partial charge is 0.378 e. The van der Waals surface area contributed by atoms with Crippen molar-refractivity contribution in [3.05, 3.63) is 35.9 Å². The molecule has 6 nitrogen and oxygen atoms in total. The third kappa shape index (κ3) is 9.43. The Balaban J connectivity index is 2.28. The number of hydrogen-bond donors (Lipinski definition) is 2. The summed E-state index contributed by atoms with van der Waals surface area (Å²) in [5, 5.41) is 6.49. The van der Waals surface area contributed by atoms with Gasteiger partial charge < -0.3 is 20.3 Å². The number of amides is 1. The van der Waals surface area contributed by atoms with Crippen molar-refractivity contribution in [1.82, 2.24) is 15.5 Å². The summed E-state index contributed by atoms with van der Waals surface area (Å²) >= 11 is 0. The van der Waals surface area contributed by atoms with Gasteiger partial charge in [0.05, 0.1) is 6.10 Å². The lowest BCUT2D eigenvalue weighted by Crippen LogP contribution is -2.41. The molecule has 0 saturated heterocycles. The molecule has 1 unspecified atom stereocenters. The molecule has 0 aromatic heterocycles. The summed E-state index contributed by atoms with van der Waals surface area (Å²) in [5.41, 5.74) is 1.13. The quantitative estimate of drug-likeness (QED) is 0.460. The van der Waals surface area contributed by atoms with Gasteiger partial charge in [-0.05, 0) is 24.8 Å². The van der Waals surface area contributed by atoms with Gasteiger partial charge in [-0.15, -0.1) is 0 Å². The van der Waals surface area contributed by atoms with Crippen molar-refractivity contribution in [2.24, 2.45) is 10.9 Å². The summed E-state index contributed by atoms with van der Waals surface area (Å²) in [5.74, 6) is 1.31. The molecule has 1 aromatic carbocycles. The number of aliphatic imine (C=N–C) groups is 1. The van der Waals surface area contributed by atoms with Crippen LogP contribution in [0, 0.1) is 5.92 Å². The highest BCUT2D eigenvalue weighted by Crippen LogP contribution is 2.09. The summed E-state index contributed by atoms with van der Waals surface area (Å²) in [7, 11) is 3.57. The van der Waals surface area contributed by atoms with Gasteiger partial charge in [-0.2, -0.15) is 0 Å². The van der Waals surface area contributed by atoms with E-state index in [4.69, 9.17) is 4.74 Å². The van der Waals surface area contributed by atoms with Crippen LogP contribution in [0.1, 0.15) is 39.2 Å². The van der Waals surface area contributed by atoms with E-state index in [1.54, 1.807) is 11.9 Å². The first kappa shape index (κ1) is 23.0. The fourth-order valence-electron chi connectivity index (χ4n) is 2.80. The lowest BCUT2D eigenvalue weighted by molar-refractivity contribution is -0.130. The molecule has 0 aliphatic heterocycles. The zero-order valence-electron chi connectivity index (χ0n) is 17.5. The van der Waals surface area contributed by atoms with E-state index in [1.165, 1.54) is 0 Å². The summed E-state index contributed by atoms with van der Waals surface area (Å²) in [6, 6.07) is 10.0. The van der Waals surface area contributed by atoms with Gasteiger partial charge in [-0.25, -0.2) is 0 Å². The van der Waals surface area contributed by atoms with Crippen LogP contribution in [0.2, 0.25) is 0 Å². The molecule has 1 atom stereocenters. The van der Waals surface area contributed by atoms with Crippen molar-refractivity contribution in [2.45, 2.75) is 46.3 Å². The van der Waals surface area contributed by atoms with Crippen molar-refractivity contribution in [1.29, 1.82) is 0 Å². The molecular formula is C21H36N4O2. The van der Waals surface area contributed by atoms with Gasteiger partial charge in [-0.1, -0.05) is 44.2 Å². The van der Waals surface area contributed by atoms with E-state index in [2.05, 4.69) is 29.5 Å². The van der Waals surface area contributed by atoms with E-state index in [1.807, 2.05) is 44.3 Å². The third-order valence-electron chi connectivity index (χ3n) is 4.39. The average Bonchev–Trinajstić information content (AvgIpc) is 2.66. The van der Waals surface area contributed by atoms with Crippen molar-refractivity contribution < 1.29 is 9.53 Å². The average molecular weight is 377 g/mol. The van der Waals surface area contributed by atoms with Crippen LogP contribution in [0.5, 0.6) is 0 Å². The van der Waals surface area contributed by atoms with Gasteiger partial charge in [0, 0.05) is 46.8 Å². The first-order valence-corrected chi connectivity index (χ1v) is 9.81. The SMILES string of the molecule is CCOC(CCNC(=NC)NCCC(=O)N(C)Cc1ccccc1)C(C)C. The zero-order chi connectivity index (χ0) is 20.1. The predicted octanol–water partition coefficient (Wildman–Crippen LogP) is 2.65. The molecule has 1 rings (SSSR count). The topological polar surface area (TPSA) is 66.0 Å². The van der Waals surface area contributed by atoms with Gasteiger partial charge >= 0.3 is 0 Å². The van der Waals surface area contributed by atoms with Crippen LogP contribution in [-0.4, -0.2) is 56.7 Å². The van der Waals surface area contributed by atoms with Crippen LogP contribution < -0.4 is 10.6 Å². The zero-order valence-corrected chi connectivity index (χ0v) is 17.5. The number of rotatable bonds is 11. The molecule has 27 heavy (non-hydrogen) atoms. The van der Waals surface area contributed by atoms with Crippen LogP contribution in [0.15, 0.2) is 35.3 Å². The number of guanidine groups is 1. The summed E-state index contributed by atoms with van der Waals surface area (Å²) in [6.45, 7) is 9.06. The van der Waals surface area contributed by atoms with E-state index < -0.39 is 0 Å². The molecule has 0 fully saturated rings. The van der Waals surface area contributed by atoms with Gasteiger partial charge in [-0.3, -0.25) is 9.79 Å². The van der Waals surface area contributed by atoms with E-state index in [-0.39, 0.29) is 12.0 Å². The van der Waals surface area contributed by atoms with Crippen molar-refractivity contribution in [3.8, 4) is 0 Å². The van der Waals surface area contributed by atoms with Crippen LogP contribution in [0.3, 0.4) is 0 Å². The van der Waals surface area contributed by atoms with Gasteiger partial charge in [0.15, 0.2) is 5.96 Å². The second kappa shape index (κ2) is 13.1. The van der Waals surface area contributed by atoms with Gasteiger partial charge in [0.2, 0.25) is 5.91 Å². The molecule has 0 heterocycles. The molecular weight excluding hydrogens is 340 g/mol. The maximum atomic E-state index is 12.3. The minimum atomic E-state index is 0.109. The summed E-state index contributed by atoms with van der Waals surface area (Å²) in [4.78, 5) is 18.2.